The molecular formula is C32H33ClF3NO2. The summed E-state index contributed by atoms with van der Waals surface area (Å²) >= 11 is 0. The maximum Gasteiger partial charge on any atom is 0.335 e. The highest BCUT2D eigenvalue weighted by Gasteiger charge is 2.28. The molecule has 3 aromatic carbocycles. The Hall–Kier alpha value is -3.09. The molecular weight excluding hydrogens is 523 g/mol. The van der Waals surface area contributed by atoms with Crippen molar-refractivity contribution in [3.8, 4) is 0 Å². The van der Waals surface area contributed by atoms with Crippen LogP contribution in [0.25, 0.3) is 11.1 Å². The lowest BCUT2D eigenvalue weighted by atomic mass is 9.85. The monoisotopic (exact) mass is 555 g/mol. The van der Waals surface area contributed by atoms with E-state index in [1.165, 1.54) is 6.07 Å². The number of allylic oxidation sites excluding steroid dienone is 1. The van der Waals surface area contributed by atoms with Gasteiger partial charge in [0.25, 0.3) is 0 Å². The molecule has 1 aliphatic carbocycles. The second kappa shape index (κ2) is 12.4. The fourth-order valence-corrected chi connectivity index (χ4v) is 5.93. The summed E-state index contributed by atoms with van der Waals surface area (Å²) in [5, 5.41) is 9.53. The lowest BCUT2D eigenvalue weighted by molar-refractivity contribution is 0.0696. The van der Waals surface area contributed by atoms with E-state index in [0.29, 0.717) is 41.9 Å². The molecule has 0 spiro atoms. The zero-order valence-electron chi connectivity index (χ0n) is 22.0. The number of nitrogens with zero attached hydrogens (tertiary/aromatic N) is 1. The summed E-state index contributed by atoms with van der Waals surface area (Å²) in [6.07, 6.45) is 3.32. The van der Waals surface area contributed by atoms with Crippen LogP contribution < -0.4 is 0 Å². The minimum atomic E-state index is -1.00. The second-order valence-electron chi connectivity index (χ2n) is 10.5. The van der Waals surface area contributed by atoms with E-state index in [0.717, 1.165) is 60.3 Å². The minimum Gasteiger partial charge on any atom is -0.478 e. The molecule has 0 saturated carbocycles. The molecule has 206 valence electrons. The van der Waals surface area contributed by atoms with Gasteiger partial charge in [0.05, 0.1) is 12.2 Å². The van der Waals surface area contributed by atoms with Crippen molar-refractivity contribution in [1.82, 2.24) is 4.90 Å². The number of benzene rings is 3. The normalized spacial score (nSPS) is 15.8. The van der Waals surface area contributed by atoms with Gasteiger partial charge in [-0.15, -0.1) is 12.4 Å². The van der Waals surface area contributed by atoms with Gasteiger partial charge in [-0.25, -0.2) is 13.6 Å². The molecule has 3 aromatic rings. The minimum absolute atomic E-state index is 0. The van der Waals surface area contributed by atoms with E-state index in [1.807, 2.05) is 18.2 Å². The predicted molar refractivity (Wildman–Crippen MR) is 151 cm³/mol. The lowest BCUT2D eigenvalue weighted by Crippen LogP contribution is -2.47. The molecule has 0 unspecified atom stereocenters. The van der Waals surface area contributed by atoms with Crippen molar-refractivity contribution in [3.63, 3.8) is 0 Å². The van der Waals surface area contributed by atoms with E-state index in [9.17, 15) is 18.7 Å². The SMILES string of the molecule is Cc1c(F)cccc1C1=C(c2ccc(CC3CN(CCCF)C3)cc2F)c2ccc(C(=O)O)cc2CCC1.Cl. The number of hydrogen-bond acceptors (Lipinski definition) is 2. The molecule has 0 atom stereocenters. The Labute approximate surface area is 233 Å². The largest absolute Gasteiger partial charge is 0.478 e. The van der Waals surface area contributed by atoms with Crippen LogP contribution in [0.5, 0.6) is 0 Å². The first-order chi connectivity index (χ1) is 18.4. The summed E-state index contributed by atoms with van der Waals surface area (Å²) in [5.74, 6) is -1.22. The van der Waals surface area contributed by atoms with E-state index >= 15 is 4.39 Å². The van der Waals surface area contributed by atoms with Gasteiger partial charge in [0.15, 0.2) is 0 Å². The van der Waals surface area contributed by atoms with Crippen LogP contribution in [0.3, 0.4) is 0 Å². The van der Waals surface area contributed by atoms with Crippen LogP contribution in [-0.4, -0.2) is 42.3 Å². The first-order valence-electron chi connectivity index (χ1n) is 13.3. The number of likely N-dealkylation sites (tertiary alicyclic amines) is 1. The van der Waals surface area contributed by atoms with Crippen molar-refractivity contribution in [2.45, 2.75) is 39.0 Å². The standard InChI is InChI=1S/C32H32F3NO2.ClH/c1-20-25(6-3-8-29(20)34)27-7-2-5-23-17-24(32(37)38)10-12-26(23)31(27)28-11-9-21(16-30(28)35)15-22-18-36(19-22)14-4-13-33;/h3,6,8-12,16-17,22H,2,4-5,7,13-15,18-19H2,1H3,(H,37,38);1H. The molecule has 1 heterocycles. The average molecular weight is 556 g/mol. The van der Waals surface area contributed by atoms with E-state index in [1.54, 1.807) is 37.3 Å². The number of halogens is 4. The van der Waals surface area contributed by atoms with Gasteiger partial charge >= 0.3 is 5.97 Å². The number of carboxylic acid groups (broad SMARTS) is 1. The Morgan fingerprint density at radius 2 is 1.74 bits per heavy atom. The summed E-state index contributed by atoms with van der Waals surface area (Å²) < 4.78 is 42.9. The van der Waals surface area contributed by atoms with Crippen LogP contribution in [0.1, 0.15) is 63.0 Å². The third kappa shape index (κ3) is 6.07. The number of aromatic carboxylic acids is 1. The van der Waals surface area contributed by atoms with Gasteiger partial charge < -0.3 is 10.0 Å². The maximum atomic E-state index is 15.9. The van der Waals surface area contributed by atoms with Crippen LogP contribution >= 0.6 is 12.4 Å². The highest BCUT2D eigenvalue weighted by atomic mass is 35.5. The predicted octanol–water partition coefficient (Wildman–Crippen LogP) is 7.52. The van der Waals surface area contributed by atoms with Crippen LogP contribution in [0.2, 0.25) is 0 Å². The van der Waals surface area contributed by atoms with Gasteiger partial charge in [-0.05, 0) is 108 Å². The van der Waals surface area contributed by atoms with Gasteiger partial charge in [0.2, 0.25) is 0 Å². The molecule has 1 N–H and O–H groups in total. The Bertz CT molecular complexity index is 1400. The molecule has 1 aliphatic heterocycles. The fraction of sp³-hybridized carbons (Fsp3) is 0.344. The summed E-state index contributed by atoms with van der Waals surface area (Å²) in [4.78, 5) is 13.9. The topological polar surface area (TPSA) is 40.5 Å². The Morgan fingerprint density at radius 3 is 2.46 bits per heavy atom. The van der Waals surface area contributed by atoms with Crippen LogP contribution in [0.4, 0.5) is 13.2 Å². The quantitative estimate of drug-likeness (QED) is 0.312. The fourth-order valence-electron chi connectivity index (χ4n) is 5.93. The van der Waals surface area contributed by atoms with Gasteiger partial charge in [0.1, 0.15) is 11.6 Å². The molecule has 1 fully saturated rings. The van der Waals surface area contributed by atoms with E-state index in [-0.39, 0.29) is 36.3 Å². The number of aryl methyl sites for hydroxylation is 1. The number of alkyl halides is 1. The summed E-state index contributed by atoms with van der Waals surface area (Å²) in [6.45, 7) is 4.00. The molecule has 0 radical (unpaired) electrons. The molecule has 5 rings (SSSR count). The first-order valence-corrected chi connectivity index (χ1v) is 13.3. The molecule has 39 heavy (non-hydrogen) atoms. The number of rotatable bonds is 8. The number of carboxylic acids is 1. The van der Waals surface area contributed by atoms with Crippen molar-refractivity contribution in [2.24, 2.45) is 5.92 Å². The van der Waals surface area contributed by atoms with E-state index < -0.39 is 5.97 Å². The van der Waals surface area contributed by atoms with Gasteiger partial charge in [-0.2, -0.15) is 0 Å². The van der Waals surface area contributed by atoms with Gasteiger partial charge in [-0.3, -0.25) is 4.39 Å². The molecule has 3 nitrogen and oxygen atoms in total. The van der Waals surface area contributed by atoms with Gasteiger partial charge in [-0.1, -0.05) is 30.3 Å². The summed E-state index contributed by atoms with van der Waals surface area (Å²) in [5.41, 5.74) is 6.05. The number of carbonyl (C=O) groups is 1. The van der Waals surface area contributed by atoms with Crippen molar-refractivity contribution >= 4 is 29.5 Å². The lowest BCUT2D eigenvalue weighted by Gasteiger charge is -2.39. The molecule has 2 aliphatic rings. The second-order valence-corrected chi connectivity index (χ2v) is 10.5. The maximum absolute atomic E-state index is 15.9. The molecule has 1 saturated heterocycles. The molecule has 7 heteroatoms. The number of fused-ring (bicyclic) bond motifs is 1. The third-order valence-electron chi connectivity index (χ3n) is 7.86. The Morgan fingerprint density at radius 1 is 0.974 bits per heavy atom. The van der Waals surface area contributed by atoms with Crippen molar-refractivity contribution in [1.29, 1.82) is 0 Å². The average Bonchev–Trinajstić information content (AvgIpc) is 3.06. The molecule has 0 bridgehead atoms. The third-order valence-corrected chi connectivity index (χ3v) is 7.86. The van der Waals surface area contributed by atoms with Crippen LogP contribution in [-0.2, 0) is 12.8 Å². The van der Waals surface area contributed by atoms with Crippen molar-refractivity contribution in [2.75, 3.05) is 26.3 Å². The van der Waals surface area contributed by atoms with Crippen molar-refractivity contribution < 1.29 is 23.1 Å². The summed E-state index contributed by atoms with van der Waals surface area (Å²) in [6, 6.07) is 15.4. The van der Waals surface area contributed by atoms with Gasteiger partial charge in [0, 0.05) is 25.2 Å². The van der Waals surface area contributed by atoms with Crippen LogP contribution in [0.15, 0.2) is 54.6 Å². The molecule has 0 amide bonds. The molecule has 0 aromatic heterocycles. The number of hydrogen-bond donors (Lipinski definition) is 1. The first kappa shape index (κ1) is 28.9. The van der Waals surface area contributed by atoms with E-state index in [2.05, 4.69) is 4.90 Å². The highest BCUT2D eigenvalue weighted by Crippen LogP contribution is 2.42. The highest BCUT2D eigenvalue weighted by molar-refractivity contribution is 6.01. The smallest absolute Gasteiger partial charge is 0.335 e. The zero-order valence-corrected chi connectivity index (χ0v) is 22.8. The Balaban J connectivity index is 0.00000353. The van der Waals surface area contributed by atoms with E-state index in [4.69, 9.17) is 0 Å². The zero-order chi connectivity index (χ0) is 26.8. The summed E-state index contributed by atoms with van der Waals surface area (Å²) in [7, 11) is 0. The Kier molecular flexibility index (Phi) is 9.19. The van der Waals surface area contributed by atoms with Crippen molar-refractivity contribution in [3.05, 3.63) is 105 Å². The van der Waals surface area contributed by atoms with Crippen LogP contribution in [0, 0.1) is 24.5 Å².